The summed E-state index contributed by atoms with van der Waals surface area (Å²) in [4.78, 5) is 4.24. The summed E-state index contributed by atoms with van der Waals surface area (Å²) in [6.45, 7) is 3.41. The van der Waals surface area contributed by atoms with Gasteiger partial charge in [-0.2, -0.15) is 0 Å². The number of sulfone groups is 1. The Morgan fingerprint density at radius 2 is 1.29 bits per heavy atom. The predicted octanol–water partition coefficient (Wildman–Crippen LogP) is -0.973. The number of hydrogen-bond acceptors (Lipinski definition) is 5. The van der Waals surface area contributed by atoms with Gasteiger partial charge in [0.15, 0.2) is 9.84 Å². The molecule has 2 aliphatic heterocycles. The summed E-state index contributed by atoms with van der Waals surface area (Å²) in [6, 6.07) is 0. The molecule has 0 aromatic carbocycles. The van der Waals surface area contributed by atoms with Crippen molar-refractivity contribution in [1.82, 2.24) is 9.80 Å². The normalized spacial score (nSPS) is 27.2. The van der Waals surface area contributed by atoms with E-state index in [0.29, 0.717) is 24.6 Å². The van der Waals surface area contributed by atoms with Gasteiger partial charge in [-0.3, -0.25) is 4.21 Å². The van der Waals surface area contributed by atoms with E-state index in [1.807, 2.05) is 11.9 Å². The Balaban J connectivity index is 0.000000171. The molecular weight excluding hydrogens is 260 g/mol. The second-order valence-corrected chi connectivity index (χ2v) is 8.61. The minimum Gasteiger partial charge on any atom is -0.305 e. The summed E-state index contributed by atoms with van der Waals surface area (Å²) in [5, 5.41) is 0. The Morgan fingerprint density at radius 1 is 0.882 bits per heavy atom. The van der Waals surface area contributed by atoms with E-state index in [2.05, 4.69) is 11.9 Å². The molecule has 0 aliphatic carbocycles. The zero-order valence-corrected chi connectivity index (χ0v) is 12.2. The van der Waals surface area contributed by atoms with Gasteiger partial charge in [-0.05, 0) is 14.1 Å². The van der Waals surface area contributed by atoms with Crippen molar-refractivity contribution in [2.45, 2.75) is 0 Å². The van der Waals surface area contributed by atoms with Crippen LogP contribution in [0, 0.1) is 0 Å². The molecule has 17 heavy (non-hydrogen) atoms. The summed E-state index contributed by atoms with van der Waals surface area (Å²) >= 11 is 0. The first kappa shape index (κ1) is 15.1. The van der Waals surface area contributed by atoms with Crippen LogP contribution in [0.25, 0.3) is 0 Å². The molecule has 0 aromatic rings. The molecule has 0 aromatic heterocycles. The minimum absolute atomic E-state index is 0.337. The highest BCUT2D eigenvalue weighted by Crippen LogP contribution is 1.99. The van der Waals surface area contributed by atoms with Crippen molar-refractivity contribution in [2.75, 3.05) is 63.3 Å². The maximum absolute atomic E-state index is 10.8. The van der Waals surface area contributed by atoms with Gasteiger partial charge in [0, 0.05) is 48.5 Å². The maximum Gasteiger partial charge on any atom is 0.152 e. The second kappa shape index (κ2) is 6.82. The largest absolute Gasteiger partial charge is 0.305 e. The zero-order chi connectivity index (χ0) is 12.9. The van der Waals surface area contributed by atoms with Gasteiger partial charge in [-0.25, -0.2) is 8.42 Å². The Hall–Kier alpha value is 0.0200. The molecule has 0 saturated carbocycles. The minimum atomic E-state index is -2.66. The standard InChI is InChI=1S/C5H11NO2S.C5H11NOS/c1-6-2-4-9(7,8)5-3-6;1-6-2-4-8(7)5-3-6/h2-5H2,1H3;2-5H2,1H3. The van der Waals surface area contributed by atoms with E-state index in [1.165, 1.54) is 0 Å². The van der Waals surface area contributed by atoms with Crippen molar-refractivity contribution in [2.24, 2.45) is 0 Å². The molecule has 102 valence electrons. The van der Waals surface area contributed by atoms with Crippen LogP contribution in [0.4, 0.5) is 0 Å². The highest BCUT2D eigenvalue weighted by atomic mass is 32.2. The topological polar surface area (TPSA) is 57.7 Å². The van der Waals surface area contributed by atoms with Gasteiger partial charge in [0.1, 0.15) is 0 Å². The molecule has 0 bridgehead atoms. The van der Waals surface area contributed by atoms with Crippen molar-refractivity contribution in [1.29, 1.82) is 0 Å². The Morgan fingerprint density at radius 3 is 1.65 bits per heavy atom. The van der Waals surface area contributed by atoms with Crippen LogP contribution < -0.4 is 0 Å². The molecule has 0 unspecified atom stereocenters. The predicted molar refractivity (Wildman–Crippen MR) is 71.5 cm³/mol. The SMILES string of the molecule is CN1CCS(=O)(=O)CC1.CN1CCS(=O)CC1. The Bertz CT molecular complexity index is 333. The highest BCUT2D eigenvalue weighted by molar-refractivity contribution is 7.91. The van der Waals surface area contributed by atoms with Crippen LogP contribution >= 0.6 is 0 Å². The fourth-order valence-corrected chi connectivity index (χ4v) is 4.15. The van der Waals surface area contributed by atoms with Gasteiger partial charge in [0.05, 0.1) is 11.5 Å². The lowest BCUT2D eigenvalue weighted by atomic mass is 10.6. The van der Waals surface area contributed by atoms with Gasteiger partial charge in [-0.15, -0.1) is 0 Å². The third-order valence-corrected chi connectivity index (χ3v) is 5.85. The van der Waals surface area contributed by atoms with E-state index < -0.39 is 20.6 Å². The first-order valence-corrected chi connectivity index (χ1v) is 9.12. The molecule has 7 heteroatoms. The van der Waals surface area contributed by atoms with Gasteiger partial charge < -0.3 is 9.80 Å². The van der Waals surface area contributed by atoms with Gasteiger partial charge >= 0.3 is 0 Å². The van der Waals surface area contributed by atoms with Crippen LogP contribution in [-0.4, -0.2) is 85.7 Å². The van der Waals surface area contributed by atoms with E-state index in [-0.39, 0.29) is 0 Å². The van der Waals surface area contributed by atoms with Crippen LogP contribution in [-0.2, 0) is 20.6 Å². The number of hydrogen-bond donors (Lipinski definition) is 0. The van der Waals surface area contributed by atoms with Crippen LogP contribution in [0.5, 0.6) is 0 Å². The second-order valence-electron chi connectivity index (χ2n) is 4.61. The summed E-state index contributed by atoms with van der Waals surface area (Å²) in [7, 11) is 0.845. The van der Waals surface area contributed by atoms with Crippen molar-refractivity contribution in [3.05, 3.63) is 0 Å². The maximum atomic E-state index is 10.8. The van der Waals surface area contributed by atoms with Crippen LogP contribution in [0.15, 0.2) is 0 Å². The van der Waals surface area contributed by atoms with Crippen LogP contribution in [0.1, 0.15) is 0 Å². The van der Waals surface area contributed by atoms with E-state index in [0.717, 1.165) is 24.6 Å². The molecule has 5 nitrogen and oxygen atoms in total. The highest BCUT2D eigenvalue weighted by Gasteiger charge is 2.18. The lowest BCUT2D eigenvalue weighted by Gasteiger charge is -2.21. The summed E-state index contributed by atoms with van der Waals surface area (Å²) < 4.78 is 32.2. The lowest BCUT2D eigenvalue weighted by Crippen LogP contribution is -2.37. The van der Waals surface area contributed by atoms with Crippen molar-refractivity contribution in [3.63, 3.8) is 0 Å². The summed E-state index contributed by atoms with van der Waals surface area (Å²) in [5.41, 5.74) is 0. The van der Waals surface area contributed by atoms with Gasteiger partial charge in [0.25, 0.3) is 0 Å². The smallest absolute Gasteiger partial charge is 0.152 e. The first-order chi connectivity index (χ1) is 7.89. The average Bonchev–Trinajstić information content (AvgIpc) is 2.28. The molecule has 0 radical (unpaired) electrons. The molecule has 2 heterocycles. The van der Waals surface area contributed by atoms with Crippen molar-refractivity contribution < 1.29 is 12.6 Å². The molecular formula is C10H22N2O3S2. The molecule has 2 rings (SSSR count). The lowest BCUT2D eigenvalue weighted by molar-refractivity contribution is 0.360. The molecule has 0 atom stereocenters. The van der Waals surface area contributed by atoms with E-state index >= 15 is 0 Å². The molecule has 0 amide bonds. The average molecular weight is 282 g/mol. The van der Waals surface area contributed by atoms with Crippen molar-refractivity contribution >= 4 is 20.6 Å². The Kier molecular flexibility index (Phi) is 6.05. The third-order valence-electron chi connectivity index (χ3n) is 2.97. The summed E-state index contributed by atoms with van der Waals surface area (Å²) in [6.07, 6.45) is 0. The van der Waals surface area contributed by atoms with Crippen molar-refractivity contribution in [3.8, 4) is 0 Å². The fraction of sp³-hybridized carbons (Fsp3) is 1.00. The third kappa shape index (κ3) is 6.49. The molecule has 2 fully saturated rings. The van der Waals surface area contributed by atoms with E-state index in [1.54, 1.807) is 0 Å². The summed E-state index contributed by atoms with van der Waals surface area (Å²) in [5.74, 6) is 2.42. The van der Waals surface area contributed by atoms with Gasteiger partial charge in [0.2, 0.25) is 0 Å². The zero-order valence-electron chi connectivity index (χ0n) is 10.6. The molecule has 0 spiro atoms. The fourth-order valence-electron chi connectivity index (χ4n) is 1.53. The van der Waals surface area contributed by atoms with Gasteiger partial charge in [-0.1, -0.05) is 0 Å². The quantitative estimate of drug-likeness (QED) is 0.572. The molecule has 2 aliphatic rings. The van der Waals surface area contributed by atoms with Crippen LogP contribution in [0.3, 0.4) is 0 Å². The van der Waals surface area contributed by atoms with Crippen LogP contribution in [0.2, 0.25) is 0 Å². The Labute approximate surface area is 107 Å². The molecule has 2 saturated heterocycles. The number of nitrogens with zero attached hydrogens (tertiary/aromatic N) is 2. The van der Waals surface area contributed by atoms with E-state index in [9.17, 15) is 12.6 Å². The van der Waals surface area contributed by atoms with E-state index in [4.69, 9.17) is 0 Å². The monoisotopic (exact) mass is 282 g/mol. The number of rotatable bonds is 0. The first-order valence-electron chi connectivity index (χ1n) is 5.81. The molecule has 0 N–H and O–H groups in total.